The van der Waals surface area contributed by atoms with Gasteiger partial charge >= 0.3 is 5.97 Å². The molecule has 0 fully saturated rings. The zero-order valence-electron chi connectivity index (χ0n) is 9.54. The molecule has 6 heteroatoms. The molecule has 0 N–H and O–H groups in total. The number of nitrogens with zero attached hydrogens (tertiary/aromatic N) is 1. The van der Waals surface area contributed by atoms with Crippen molar-refractivity contribution in [1.29, 1.82) is 5.26 Å². The van der Waals surface area contributed by atoms with E-state index in [0.717, 1.165) is 6.07 Å². The third-order valence-electron chi connectivity index (χ3n) is 2.22. The van der Waals surface area contributed by atoms with Gasteiger partial charge in [0.15, 0.2) is 0 Å². The second-order valence-electron chi connectivity index (χ2n) is 3.43. The number of carbonyl (C=O) groups excluding carboxylic acids is 1. The molecule has 0 aromatic heterocycles. The van der Waals surface area contributed by atoms with Gasteiger partial charge in [0.25, 0.3) is 6.43 Å². The number of carbonyl (C=O) groups is 1. The maximum atomic E-state index is 12.8. The summed E-state index contributed by atoms with van der Waals surface area (Å²) in [5.74, 6) is -0.592. The summed E-state index contributed by atoms with van der Waals surface area (Å²) in [7, 11) is 0. The van der Waals surface area contributed by atoms with Crippen LogP contribution in [0, 0.1) is 11.3 Å². The van der Waals surface area contributed by atoms with Crippen LogP contribution in [0.4, 0.5) is 8.78 Å². The fraction of sp³-hybridized carbons (Fsp3) is 0.333. The van der Waals surface area contributed by atoms with Crippen LogP contribution in [0.25, 0.3) is 0 Å². The summed E-state index contributed by atoms with van der Waals surface area (Å²) in [4.78, 5) is 11.3. The lowest BCUT2D eigenvalue weighted by atomic mass is 10.0. The van der Waals surface area contributed by atoms with Crippen molar-refractivity contribution in [2.24, 2.45) is 0 Å². The van der Waals surface area contributed by atoms with Crippen molar-refractivity contribution in [2.75, 3.05) is 6.61 Å². The normalized spacial score (nSPS) is 10.2. The minimum atomic E-state index is -2.71. The van der Waals surface area contributed by atoms with Gasteiger partial charge in [-0.25, -0.2) is 8.78 Å². The zero-order valence-corrected chi connectivity index (χ0v) is 11.1. The second kappa shape index (κ2) is 6.45. The van der Waals surface area contributed by atoms with E-state index in [4.69, 9.17) is 10.00 Å². The lowest BCUT2D eigenvalue weighted by Crippen LogP contribution is -2.10. The van der Waals surface area contributed by atoms with Crippen molar-refractivity contribution in [1.82, 2.24) is 0 Å². The predicted octanol–water partition coefficient (Wildman–Crippen LogP) is 3.36. The summed E-state index contributed by atoms with van der Waals surface area (Å²) in [5.41, 5.74) is 0.0517. The van der Waals surface area contributed by atoms with E-state index in [1.54, 1.807) is 6.92 Å². The van der Waals surface area contributed by atoms with Crippen molar-refractivity contribution in [2.45, 2.75) is 19.8 Å². The monoisotopic (exact) mass is 317 g/mol. The molecule has 1 rings (SSSR count). The lowest BCUT2D eigenvalue weighted by Gasteiger charge is -2.10. The number of hydrogen-bond acceptors (Lipinski definition) is 3. The van der Waals surface area contributed by atoms with Gasteiger partial charge in [0.1, 0.15) is 6.07 Å². The van der Waals surface area contributed by atoms with Crippen molar-refractivity contribution in [3.05, 3.63) is 33.3 Å². The standard InChI is InChI=1S/C12H10BrF2NO2/c1-2-18-11(17)4-7-3-8(6-16)10(13)5-9(7)12(14)15/h3,5,12H,2,4H2,1H3. The average molecular weight is 318 g/mol. The summed E-state index contributed by atoms with van der Waals surface area (Å²) in [6.07, 6.45) is -2.98. The minimum absolute atomic E-state index is 0.114. The number of halogens is 3. The van der Waals surface area contributed by atoms with E-state index in [0.29, 0.717) is 0 Å². The second-order valence-corrected chi connectivity index (χ2v) is 4.28. The summed E-state index contributed by atoms with van der Waals surface area (Å²) < 4.78 is 30.6. The van der Waals surface area contributed by atoms with Gasteiger partial charge in [-0.3, -0.25) is 4.79 Å². The Labute approximate surface area is 111 Å². The Balaban J connectivity index is 3.15. The molecule has 96 valence electrons. The Kier molecular flexibility index (Phi) is 5.23. The first-order chi connectivity index (χ1) is 8.49. The quantitative estimate of drug-likeness (QED) is 0.800. The summed E-state index contributed by atoms with van der Waals surface area (Å²) in [6.45, 7) is 1.82. The number of esters is 1. The van der Waals surface area contributed by atoms with Gasteiger partial charge in [0, 0.05) is 10.0 Å². The highest BCUT2D eigenvalue weighted by Crippen LogP contribution is 2.29. The molecular formula is C12H10BrF2NO2. The zero-order chi connectivity index (χ0) is 13.7. The van der Waals surface area contributed by atoms with Crippen LogP contribution in [0.5, 0.6) is 0 Å². The van der Waals surface area contributed by atoms with E-state index < -0.39 is 12.4 Å². The Morgan fingerprint density at radius 1 is 1.56 bits per heavy atom. The molecule has 0 aliphatic rings. The maximum absolute atomic E-state index is 12.8. The smallest absolute Gasteiger partial charge is 0.310 e. The molecule has 0 aliphatic heterocycles. The van der Waals surface area contributed by atoms with Crippen LogP contribution in [0.3, 0.4) is 0 Å². The van der Waals surface area contributed by atoms with Crippen molar-refractivity contribution >= 4 is 21.9 Å². The van der Waals surface area contributed by atoms with Crippen molar-refractivity contribution < 1.29 is 18.3 Å². The van der Waals surface area contributed by atoms with Gasteiger partial charge in [0.05, 0.1) is 18.6 Å². The molecule has 0 heterocycles. The average Bonchev–Trinajstić information content (AvgIpc) is 2.30. The molecule has 1 aromatic rings. The van der Waals surface area contributed by atoms with E-state index in [1.807, 2.05) is 6.07 Å². The first kappa shape index (κ1) is 14.6. The molecule has 0 saturated heterocycles. The largest absolute Gasteiger partial charge is 0.466 e. The number of alkyl halides is 2. The summed E-state index contributed by atoms with van der Waals surface area (Å²) in [6, 6.07) is 4.31. The molecule has 0 spiro atoms. The molecule has 0 amide bonds. The summed E-state index contributed by atoms with van der Waals surface area (Å²) >= 11 is 3.03. The molecule has 0 atom stereocenters. The molecule has 3 nitrogen and oxygen atoms in total. The van der Waals surface area contributed by atoms with Gasteiger partial charge in [-0.15, -0.1) is 0 Å². The lowest BCUT2D eigenvalue weighted by molar-refractivity contribution is -0.142. The Morgan fingerprint density at radius 2 is 2.22 bits per heavy atom. The third kappa shape index (κ3) is 3.50. The van der Waals surface area contributed by atoms with Crippen LogP contribution in [-0.2, 0) is 16.0 Å². The fourth-order valence-electron chi connectivity index (χ4n) is 1.44. The first-order valence-electron chi connectivity index (χ1n) is 5.15. The van der Waals surface area contributed by atoms with Gasteiger partial charge < -0.3 is 4.74 Å². The van der Waals surface area contributed by atoms with E-state index in [1.165, 1.54) is 6.07 Å². The fourth-order valence-corrected chi connectivity index (χ4v) is 1.89. The first-order valence-corrected chi connectivity index (χ1v) is 5.95. The van der Waals surface area contributed by atoms with Crippen LogP contribution in [0.1, 0.15) is 30.0 Å². The molecule has 18 heavy (non-hydrogen) atoms. The van der Waals surface area contributed by atoms with E-state index in [2.05, 4.69) is 15.9 Å². The highest BCUT2D eigenvalue weighted by atomic mass is 79.9. The molecular weight excluding hydrogens is 308 g/mol. The highest BCUT2D eigenvalue weighted by Gasteiger charge is 2.18. The Bertz CT molecular complexity index is 498. The van der Waals surface area contributed by atoms with Gasteiger partial charge in [0.2, 0.25) is 0 Å². The van der Waals surface area contributed by atoms with E-state index in [9.17, 15) is 13.6 Å². The molecule has 0 saturated carbocycles. The number of nitriles is 1. The molecule has 0 bridgehead atoms. The summed E-state index contributed by atoms with van der Waals surface area (Å²) in [5, 5.41) is 8.83. The highest BCUT2D eigenvalue weighted by molar-refractivity contribution is 9.10. The van der Waals surface area contributed by atoms with Crippen molar-refractivity contribution in [3.8, 4) is 6.07 Å². The van der Waals surface area contributed by atoms with Crippen LogP contribution >= 0.6 is 15.9 Å². The number of hydrogen-bond donors (Lipinski definition) is 0. The van der Waals surface area contributed by atoms with Gasteiger partial charge in [-0.05, 0) is 40.5 Å². The van der Waals surface area contributed by atoms with Gasteiger partial charge in [-0.2, -0.15) is 5.26 Å². The van der Waals surface area contributed by atoms with Crippen LogP contribution in [0.2, 0.25) is 0 Å². The number of ether oxygens (including phenoxy) is 1. The number of rotatable bonds is 4. The maximum Gasteiger partial charge on any atom is 0.310 e. The van der Waals surface area contributed by atoms with Crippen LogP contribution < -0.4 is 0 Å². The molecule has 0 aliphatic carbocycles. The van der Waals surface area contributed by atoms with E-state index >= 15 is 0 Å². The van der Waals surface area contributed by atoms with Gasteiger partial charge in [-0.1, -0.05) is 0 Å². The minimum Gasteiger partial charge on any atom is -0.466 e. The third-order valence-corrected chi connectivity index (χ3v) is 2.88. The molecule has 1 aromatic carbocycles. The van der Waals surface area contributed by atoms with E-state index in [-0.39, 0.29) is 34.2 Å². The molecule has 0 unspecified atom stereocenters. The Hall–Kier alpha value is -1.48. The molecule has 0 radical (unpaired) electrons. The SMILES string of the molecule is CCOC(=O)Cc1cc(C#N)c(Br)cc1C(F)F. The van der Waals surface area contributed by atoms with Crippen molar-refractivity contribution in [3.63, 3.8) is 0 Å². The Morgan fingerprint density at radius 3 is 2.72 bits per heavy atom. The predicted molar refractivity (Wildman–Crippen MR) is 64.2 cm³/mol. The topological polar surface area (TPSA) is 50.1 Å². The van der Waals surface area contributed by atoms with Crippen LogP contribution in [0.15, 0.2) is 16.6 Å². The van der Waals surface area contributed by atoms with Crippen LogP contribution in [-0.4, -0.2) is 12.6 Å². The number of benzene rings is 1.